The minimum Gasteiger partial charge on any atom is -0.396 e. The van der Waals surface area contributed by atoms with Crippen LogP contribution in [0, 0.1) is 23.2 Å². The first-order chi connectivity index (χ1) is 8.81. The van der Waals surface area contributed by atoms with Crippen LogP contribution in [0.4, 0.5) is 0 Å². The van der Waals surface area contributed by atoms with Crippen molar-refractivity contribution >= 4 is 0 Å². The minimum absolute atomic E-state index is 0.257. The SMILES string of the molecule is N#CCN1CC(CC2CC2)CC(NCCCO)C1. The van der Waals surface area contributed by atoms with Gasteiger partial charge in [0.05, 0.1) is 12.6 Å². The molecule has 2 fully saturated rings. The number of aliphatic hydroxyl groups is 1. The predicted octanol–water partition coefficient (Wildman–Crippen LogP) is 0.973. The van der Waals surface area contributed by atoms with Gasteiger partial charge in [0.2, 0.25) is 0 Å². The molecule has 0 spiro atoms. The van der Waals surface area contributed by atoms with Crippen LogP contribution < -0.4 is 5.32 Å². The molecule has 4 nitrogen and oxygen atoms in total. The van der Waals surface area contributed by atoms with Crippen molar-refractivity contribution in [1.29, 1.82) is 5.26 Å². The van der Waals surface area contributed by atoms with Crippen molar-refractivity contribution in [2.24, 2.45) is 11.8 Å². The molecule has 0 amide bonds. The van der Waals surface area contributed by atoms with E-state index >= 15 is 0 Å². The largest absolute Gasteiger partial charge is 0.396 e. The number of rotatable bonds is 7. The van der Waals surface area contributed by atoms with Crippen molar-refractivity contribution in [3.05, 3.63) is 0 Å². The van der Waals surface area contributed by atoms with E-state index in [4.69, 9.17) is 10.4 Å². The van der Waals surface area contributed by atoms with E-state index in [9.17, 15) is 0 Å². The van der Waals surface area contributed by atoms with E-state index in [1.165, 1.54) is 25.7 Å². The highest BCUT2D eigenvalue weighted by atomic mass is 16.3. The van der Waals surface area contributed by atoms with Gasteiger partial charge in [0, 0.05) is 25.7 Å². The van der Waals surface area contributed by atoms with Crippen LogP contribution in [0.2, 0.25) is 0 Å². The molecule has 2 unspecified atom stereocenters. The predicted molar refractivity (Wildman–Crippen MR) is 71.0 cm³/mol. The molecule has 18 heavy (non-hydrogen) atoms. The summed E-state index contributed by atoms with van der Waals surface area (Å²) < 4.78 is 0. The summed E-state index contributed by atoms with van der Waals surface area (Å²) >= 11 is 0. The van der Waals surface area contributed by atoms with Gasteiger partial charge in [0.1, 0.15) is 0 Å². The molecule has 0 aromatic heterocycles. The number of likely N-dealkylation sites (tertiary alicyclic amines) is 1. The molecule has 0 radical (unpaired) electrons. The van der Waals surface area contributed by atoms with E-state index in [0.717, 1.165) is 37.9 Å². The van der Waals surface area contributed by atoms with Crippen molar-refractivity contribution in [1.82, 2.24) is 10.2 Å². The number of hydrogen-bond acceptors (Lipinski definition) is 4. The molecule has 2 N–H and O–H groups in total. The summed E-state index contributed by atoms with van der Waals surface area (Å²) in [4.78, 5) is 2.28. The Morgan fingerprint density at radius 2 is 2.11 bits per heavy atom. The van der Waals surface area contributed by atoms with Crippen LogP contribution in [0.25, 0.3) is 0 Å². The fourth-order valence-corrected chi connectivity index (χ4v) is 3.06. The van der Waals surface area contributed by atoms with Crippen molar-refractivity contribution in [2.45, 2.75) is 38.1 Å². The Hall–Kier alpha value is -0.630. The number of aliphatic hydroxyl groups excluding tert-OH is 1. The summed E-state index contributed by atoms with van der Waals surface area (Å²) in [5, 5.41) is 21.2. The van der Waals surface area contributed by atoms with E-state index in [-0.39, 0.29) is 6.61 Å². The number of piperidine rings is 1. The zero-order valence-electron chi connectivity index (χ0n) is 11.1. The van der Waals surface area contributed by atoms with E-state index in [1.54, 1.807) is 0 Å². The summed E-state index contributed by atoms with van der Waals surface area (Å²) in [6.07, 6.45) is 6.24. The van der Waals surface area contributed by atoms with E-state index < -0.39 is 0 Å². The Morgan fingerprint density at radius 3 is 2.78 bits per heavy atom. The number of nitrogens with zero attached hydrogens (tertiary/aromatic N) is 2. The number of nitrogens with one attached hydrogen (secondary N) is 1. The van der Waals surface area contributed by atoms with Crippen molar-refractivity contribution in [3.8, 4) is 6.07 Å². The lowest BCUT2D eigenvalue weighted by molar-refractivity contribution is 0.145. The summed E-state index contributed by atoms with van der Waals surface area (Å²) in [7, 11) is 0. The summed E-state index contributed by atoms with van der Waals surface area (Å²) in [6.45, 7) is 3.78. The molecule has 1 aliphatic carbocycles. The van der Waals surface area contributed by atoms with Gasteiger partial charge in [-0.15, -0.1) is 0 Å². The summed E-state index contributed by atoms with van der Waals surface area (Å²) in [5.41, 5.74) is 0. The molecular formula is C14H25N3O. The molecule has 0 bridgehead atoms. The molecule has 1 heterocycles. The van der Waals surface area contributed by atoms with Crippen molar-refractivity contribution < 1.29 is 5.11 Å². The summed E-state index contributed by atoms with van der Waals surface area (Å²) in [5.74, 6) is 1.72. The van der Waals surface area contributed by atoms with Crippen LogP contribution in [0.1, 0.15) is 32.1 Å². The fraction of sp³-hybridized carbons (Fsp3) is 0.929. The van der Waals surface area contributed by atoms with Gasteiger partial charge < -0.3 is 10.4 Å². The average molecular weight is 251 g/mol. The second kappa shape index (κ2) is 7.08. The third-order valence-electron chi connectivity index (χ3n) is 4.04. The quantitative estimate of drug-likeness (QED) is 0.523. The van der Waals surface area contributed by atoms with Crippen molar-refractivity contribution in [3.63, 3.8) is 0 Å². The minimum atomic E-state index is 0.257. The van der Waals surface area contributed by atoms with Crippen LogP contribution in [0.3, 0.4) is 0 Å². The highest BCUT2D eigenvalue weighted by Gasteiger charge is 2.31. The zero-order valence-corrected chi connectivity index (χ0v) is 11.1. The van der Waals surface area contributed by atoms with Crippen LogP contribution in [0.5, 0.6) is 0 Å². The van der Waals surface area contributed by atoms with Gasteiger partial charge >= 0.3 is 0 Å². The van der Waals surface area contributed by atoms with Gasteiger partial charge in [-0.25, -0.2) is 0 Å². The Labute approximate surface area is 110 Å². The fourth-order valence-electron chi connectivity index (χ4n) is 3.06. The lowest BCUT2D eigenvalue weighted by Crippen LogP contribution is -2.49. The van der Waals surface area contributed by atoms with Gasteiger partial charge in [0.15, 0.2) is 0 Å². The van der Waals surface area contributed by atoms with E-state index in [0.29, 0.717) is 12.6 Å². The normalized spacial score (nSPS) is 29.1. The van der Waals surface area contributed by atoms with Crippen molar-refractivity contribution in [2.75, 3.05) is 32.8 Å². The number of hydrogen-bond donors (Lipinski definition) is 2. The molecule has 0 aromatic rings. The Kier molecular flexibility index (Phi) is 5.43. The lowest BCUT2D eigenvalue weighted by Gasteiger charge is -2.37. The average Bonchev–Trinajstić information content (AvgIpc) is 3.13. The maximum absolute atomic E-state index is 8.85. The van der Waals surface area contributed by atoms with Gasteiger partial charge in [-0.2, -0.15) is 5.26 Å². The first kappa shape index (κ1) is 13.8. The maximum Gasteiger partial charge on any atom is 0.0866 e. The Balaban J connectivity index is 1.78. The molecule has 2 atom stereocenters. The molecule has 2 rings (SSSR count). The Morgan fingerprint density at radius 1 is 1.28 bits per heavy atom. The maximum atomic E-state index is 8.85. The first-order valence-electron chi connectivity index (χ1n) is 7.25. The van der Waals surface area contributed by atoms with Crippen LogP contribution in [0.15, 0.2) is 0 Å². The van der Waals surface area contributed by atoms with E-state index in [1.807, 2.05) is 0 Å². The summed E-state index contributed by atoms with van der Waals surface area (Å²) in [6, 6.07) is 2.78. The standard InChI is InChI=1S/C14H25N3O/c15-4-6-17-10-13(8-12-2-3-12)9-14(11-17)16-5-1-7-18/h12-14,16,18H,1-3,5-11H2. The lowest BCUT2D eigenvalue weighted by atomic mass is 9.89. The Bertz CT molecular complexity index is 285. The second-order valence-corrected chi connectivity index (χ2v) is 5.86. The molecule has 1 saturated heterocycles. The highest BCUT2D eigenvalue weighted by Crippen LogP contribution is 2.37. The molecule has 1 saturated carbocycles. The monoisotopic (exact) mass is 251 g/mol. The smallest absolute Gasteiger partial charge is 0.0866 e. The molecule has 2 aliphatic rings. The zero-order chi connectivity index (χ0) is 12.8. The van der Waals surface area contributed by atoms with Crippen LogP contribution in [-0.2, 0) is 0 Å². The van der Waals surface area contributed by atoms with Gasteiger partial charge in [0.25, 0.3) is 0 Å². The topological polar surface area (TPSA) is 59.3 Å². The molecule has 4 heteroatoms. The third kappa shape index (κ3) is 4.56. The van der Waals surface area contributed by atoms with Gasteiger partial charge in [-0.05, 0) is 37.6 Å². The first-order valence-corrected chi connectivity index (χ1v) is 7.25. The molecule has 102 valence electrons. The number of nitriles is 1. The molecule has 0 aromatic carbocycles. The molecule has 1 aliphatic heterocycles. The van der Waals surface area contributed by atoms with Gasteiger partial charge in [-0.3, -0.25) is 4.90 Å². The van der Waals surface area contributed by atoms with Crippen LogP contribution >= 0.6 is 0 Å². The second-order valence-electron chi connectivity index (χ2n) is 5.86. The van der Waals surface area contributed by atoms with Gasteiger partial charge in [-0.1, -0.05) is 12.8 Å². The van der Waals surface area contributed by atoms with E-state index in [2.05, 4.69) is 16.3 Å². The molecular weight excluding hydrogens is 226 g/mol. The third-order valence-corrected chi connectivity index (χ3v) is 4.04. The highest BCUT2D eigenvalue weighted by molar-refractivity contribution is 4.90. The van der Waals surface area contributed by atoms with Crippen LogP contribution in [-0.4, -0.2) is 48.8 Å².